The molecule has 0 fully saturated rings. The van der Waals surface area contributed by atoms with Crippen molar-refractivity contribution in [3.63, 3.8) is 0 Å². The predicted octanol–water partition coefficient (Wildman–Crippen LogP) is 3.00. The van der Waals surface area contributed by atoms with Gasteiger partial charge in [-0.3, -0.25) is 0 Å². The summed E-state index contributed by atoms with van der Waals surface area (Å²) in [6.45, 7) is 8.53. The maximum absolute atomic E-state index is 5.70. The molecule has 1 unspecified atom stereocenters. The van der Waals surface area contributed by atoms with Crippen LogP contribution in [0.1, 0.15) is 27.2 Å². The fraction of sp³-hybridized carbons (Fsp3) is 0.636. The summed E-state index contributed by atoms with van der Waals surface area (Å²) in [5.41, 5.74) is 0. The SMILES string of the molecule is CCC(C)CN(CC)c1ccc(Cl)nn1. The largest absolute Gasteiger partial charge is 0.355 e. The summed E-state index contributed by atoms with van der Waals surface area (Å²) in [5.74, 6) is 1.57. The summed E-state index contributed by atoms with van der Waals surface area (Å²) in [7, 11) is 0. The van der Waals surface area contributed by atoms with Gasteiger partial charge in [-0.05, 0) is 25.0 Å². The summed E-state index contributed by atoms with van der Waals surface area (Å²) in [5, 5.41) is 8.38. The lowest BCUT2D eigenvalue weighted by molar-refractivity contribution is 0.544. The van der Waals surface area contributed by atoms with Gasteiger partial charge in [-0.1, -0.05) is 31.9 Å². The molecule has 0 bridgehead atoms. The Kier molecular flexibility index (Phi) is 4.82. The highest BCUT2D eigenvalue weighted by atomic mass is 35.5. The number of halogens is 1. The minimum absolute atomic E-state index is 0.443. The van der Waals surface area contributed by atoms with Gasteiger partial charge >= 0.3 is 0 Å². The van der Waals surface area contributed by atoms with Gasteiger partial charge in [0.1, 0.15) is 0 Å². The zero-order valence-corrected chi connectivity index (χ0v) is 10.3. The molecule has 0 amide bonds. The number of hydrogen-bond acceptors (Lipinski definition) is 3. The molecule has 0 saturated heterocycles. The molecule has 4 heteroatoms. The Morgan fingerprint density at radius 1 is 1.33 bits per heavy atom. The lowest BCUT2D eigenvalue weighted by Crippen LogP contribution is -2.28. The van der Waals surface area contributed by atoms with Gasteiger partial charge < -0.3 is 4.90 Å². The molecule has 1 atom stereocenters. The number of aromatic nitrogens is 2. The van der Waals surface area contributed by atoms with Crippen LogP contribution >= 0.6 is 11.6 Å². The Hall–Kier alpha value is -0.830. The van der Waals surface area contributed by atoms with Crippen molar-refractivity contribution in [3.05, 3.63) is 17.3 Å². The van der Waals surface area contributed by atoms with E-state index >= 15 is 0 Å². The second-order valence-corrected chi connectivity index (χ2v) is 4.15. The second kappa shape index (κ2) is 5.91. The Bertz CT molecular complexity index is 286. The third-order valence-corrected chi connectivity index (χ3v) is 2.75. The molecule has 0 radical (unpaired) electrons. The van der Waals surface area contributed by atoms with E-state index in [-0.39, 0.29) is 0 Å². The van der Waals surface area contributed by atoms with Gasteiger partial charge in [0.2, 0.25) is 0 Å². The van der Waals surface area contributed by atoms with E-state index in [9.17, 15) is 0 Å². The van der Waals surface area contributed by atoms with Crippen LogP contribution in [0.4, 0.5) is 5.82 Å². The van der Waals surface area contributed by atoms with E-state index < -0.39 is 0 Å². The first kappa shape index (κ1) is 12.2. The van der Waals surface area contributed by atoms with Crippen molar-refractivity contribution in [2.75, 3.05) is 18.0 Å². The van der Waals surface area contributed by atoms with Crippen LogP contribution in [0.15, 0.2) is 12.1 Å². The molecule has 0 N–H and O–H groups in total. The Morgan fingerprint density at radius 2 is 2.07 bits per heavy atom. The average molecular weight is 228 g/mol. The summed E-state index contributed by atoms with van der Waals surface area (Å²) in [6.07, 6.45) is 1.18. The molecule has 1 rings (SSSR count). The Balaban J connectivity index is 2.69. The number of rotatable bonds is 5. The normalized spacial score (nSPS) is 12.5. The van der Waals surface area contributed by atoms with E-state index in [1.165, 1.54) is 6.42 Å². The first-order valence-corrected chi connectivity index (χ1v) is 5.79. The summed E-state index contributed by atoms with van der Waals surface area (Å²) >= 11 is 5.70. The van der Waals surface area contributed by atoms with Crippen molar-refractivity contribution in [2.24, 2.45) is 5.92 Å². The number of hydrogen-bond donors (Lipinski definition) is 0. The minimum atomic E-state index is 0.443. The molecule has 0 aliphatic carbocycles. The van der Waals surface area contributed by atoms with Gasteiger partial charge in [-0.2, -0.15) is 0 Å². The molecule has 1 aromatic rings. The Labute approximate surface area is 96.5 Å². The van der Waals surface area contributed by atoms with Crippen LogP contribution in [0.3, 0.4) is 0 Å². The van der Waals surface area contributed by atoms with Gasteiger partial charge in [-0.25, -0.2) is 0 Å². The van der Waals surface area contributed by atoms with Crippen LogP contribution in [0.25, 0.3) is 0 Å². The summed E-state index contributed by atoms with van der Waals surface area (Å²) < 4.78 is 0. The lowest BCUT2D eigenvalue weighted by Gasteiger charge is -2.24. The molecular weight excluding hydrogens is 210 g/mol. The molecule has 0 spiro atoms. The van der Waals surface area contributed by atoms with Crippen molar-refractivity contribution in [3.8, 4) is 0 Å². The highest BCUT2D eigenvalue weighted by Gasteiger charge is 2.09. The van der Waals surface area contributed by atoms with Crippen LogP contribution in [0.5, 0.6) is 0 Å². The third-order valence-electron chi connectivity index (χ3n) is 2.55. The monoisotopic (exact) mass is 227 g/mol. The van der Waals surface area contributed by atoms with Crippen molar-refractivity contribution in [1.29, 1.82) is 0 Å². The summed E-state index contributed by atoms with van der Waals surface area (Å²) in [4.78, 5) is 2.22. The smallest absolute Gasteiger partial charge is 0.151 e. The third kappa shape index (κ3) is 3.67. The van der Waals surface area contributed by atoms with E-state index in [0.29, 0.717) is 11.1 Å². The quantitative estimate of drug-likeness (QED) is 0.775. The molecule has 84 valence electrons. The molecule has 1 heterocycles. The topological polar surface area (TPSA) is 29.0 Å². The number of anilines is 1. The predicted molar refractivity (Wildman–Crippen MR) is 64.4 cm³/mol. The molecule has 15 heavy (non-hydrogen) atoms. The van der Waals surface area contributed by atoms with Crippen molar-refractivity contribution in [1.82, 2.24) is 10.2 Å². The average Bonchev–Trinajstić information content (AvgIpc) is 2.27. The van der Waals surface area contributed by atoms with Crippen LogP contribution in [-0.4, -0.2) is 23.3 Å². The molecule has 3 nitrogen and oxygen atoms in total. The van der Waals surface area contributed by atoms with Gasteiger partial charge in [0.15, 0.2) is 11.0 Å². The molecule has 0 saturated carbocycles. The van der Waals surface area contributed by atoms with Crippen LogP contribution < -0.4 is 4.90 Å². The zero-order chi connectivity index (χ0) is 11.3. The summed E-state index contributed by atoms with van der Waals surface area (Å²) in [6, 6.07) is 3.70. The second-order valence-electron chi connectivity index (χ2n) is 3.77. The molecule has 0 aromatic carbocycles. The van der Waals surface area contributed by atoms with E-state index in [2.05, 4.69) is 35.9 Å². The molecular formula is C11H18ClN3. The maximum Gasteiger partial charge on any atom is 0.151 e. The van der Waals surface area contributed by atoms with Gasteiger partial charge in [0.25, 0.3) is 0 Å². The highest BCUT2D eigenvalue weighted by Crippen LogP contribution is 2.14. The zero-order valence-electron chi connectivity index (χ0n) is 9.57. The van der Waals surface area contributed by atoms with Gasteiger partial charge in [0.05, 0.1) is 0 Å². The van der Waals surface area contributed by atoms with Gasteiger partial charge in [-0.15, -0.1) is 10.2 Å². The van der Waals surface area contributed by atoms with Gasteiger partial charge in [0, 0.05) is 13.1 Å². The minimum Gasteiger partial charge on any atom is -0.355 e. The van der Waals surface area contributed by atoms with E-state index in [1.54, 1.807) is 6.07 Å². The first-order valence-electron chi connectivity index (χ1n) is 5.41. The van der Waals surface area contributed by atoms with Crippen LogP contribution in [-0.2, 0) is 0 Å². The molecule has 0 aliphatic heterocycles. The highest BCUT2D eigenvalue weighted by molar-refractivity contribution is 6.29. The standard InChI is InChI=1S/C11H18ClN3/c1-4-9(3)8-15(5-2)11-7-6-10(12)13-14-11/h6-7,9H,4-5,8H2,1-3H3. The number of nitrogens with zero attached hydrogens (tertiary/aromatic N) is 3. The van der Waals surface area contributed by atoms with E-state index in [4.69, 9.17) is 11.6 Å². The first-order chi connectivity index (χ1) is 7.17. The van der Waals surface area contributed by atoms with E-state index in [0.717, 1.165) is 18.9 Å². The lowest BCUT2D eigenvalue weighted by atomic mass is 10.1. The van der Waals surface area contributed by atoms with Crippen LogP contribution in [0.2, 0.25) is 5.15 Å². The van der Waals surface area contributed by atoms with Crippen molar-refractivity contribution < 1.29 is 0 Å². The van der Waals surface area contributed by atoms with Crippen LogP contribution in [0, 0.1) is 5.92 Å². The maximum atomic E-state index is 5.70. The fourth-order valence-electron chi connectivity index (χ4n) is 1.37. The van der Waals surface area contributed by atoms with Crippen molar-refractivity contribution in [2.45, 2.75) is 27.2 Å². The van der Waals surface area contributed by atoms with Crippen molar-refractivity contribution >= 4 is 17.4 Å². The fourth-order valence-corrected chi connectivity index (χ4v) is 1.47. The molecule has 1 aromatic heterocycles. The molecule has 0 aliphatic rings. The van der Waals surface area contributed by atoms with E-state index in [1.807, 2.05) is 6.07 Å². The Morgan fingerprint density at radius 3 is 2.53 bits per heavy atom.